The van der Waals surface area contributed by atoms with Crippen molar-refractivity contribution in [1.82, 2.24) is 0 Å². The Balaban J connectivity index is 1.97. The van der Waals surface area contributed by atoms with E-state index in [9.17, 15) is 0 Å². The van der Waals surface area contributed by atoms with Crippen LogP contribution in [0.5, 0.6) is 5.75 Å². The maximum absolute atomic E-state index is 6.03. The smallest absolute Gasteiger partial charge is 0.162 e. The van der Waals surface area contributed by atoms with Gasteiger partial charge in [-0.3, -0.25) is 0 Å². The van der Waals surface area contributed by atoms with Gasteiger partial charge in [0.25, 0.3) is 0 Å². The van der Waals surface area contributed by atoms with Crippen molar-refractivity contribution in [3.05, 3.63) is 36.4 Å². The summed E-state index contributed by atoms with van der Waals surface area (Å²) in [6.45, 7) is 5.18. The van der Waals surface area contributed by atoms with Crippen molar-refractivity contribution in [3.8, 4) is 5.75 Å². The van der Waals surface area contributed by atoms with Gasteiger partial charge in [0.15, 0.2) is 4.90 Å². The molecule has 0 N–H and O–H groups in total. The lowest BCUT2D eigenvalue weighted by Crippen LogP contribution is -2.18. The molecule has 0 amide bonds. The average Bonchev–Trinajstić information content (AvgIpc) is 2.53. The van der Waals surface area contributed by atoms with Crippen LogP contribution in [0.4, 0.5) is 0 Å². The molecule has 21 heavy (non-hydrogen) atoms. The van der Waals surface area contributed by atoms with E-state index in [0.29, 0.717) is 16.8 Å². The monoisotopic (exact) mass is 301 g/mol. The molecule has 1 saturated heterocycles. The Morgan fingerprint density at radius 3 is 2.38 bits per heavy atom. The standard InChI is InChI=1S/C19H25OS/c1-15(2)14-20-18-10-11-19(21-12-6-3-7-13-21)17-9-5-4-8-16(17)18/h4-5,8-11,15H,3,6-7,12-14H2,1-2H3/q+1. The van der Waals surface area contributed by atoms with E-state index in [1.807, 2.05) is 0 Å². The van der Waals surface area contributed by atoms with Crippen molar-refractivity contribution < 1.29 is 4.74 Å². The van der Waals surface area contributed by atoms with Crippen LogP contribution in [0.3, 0.4) is 0 Å². The highest BCUT2D eigenvalue weighted by molar-refractivity contribution is 7.97. The van der Waals surface area contributed by atoms with Gasteiger partial charge in [-0.05, 0) is 43.4 Å². The molecular weight excluding hydrogens is 276 g/mol. The third kappa shape index (κ3) is 3.37. The Morgan fingerprint density at radius 1 is 0.952 bits per heavy atom. The van der Waals surface area contributed by atoms with Crippen LogP contribution in [-0.2, 0) is 10.9 Å². The summed E-state index contributed by atoms with van der Waals surface area (Å²) < 4.78 is 6.03. The van der Waals surface area contributed by atoms with Gasteiger partial charge in [-0.15, -0.1) is 0 Å². The van der Waals surface area contributed by atoms with Gasteiger partial charge in [0.1, 0.15) is 17.3 Å². The molecule has 1 aliphatic heterocycles. The first-order valence-electron chi connectivity index (χ1n) is 8.08. The first-order valence-corrected chi connectivity index (χ1v) is 9.64. The normalized spacial score (nSPS) is 16.5. The van der Waals surface area contributed by atoms with Gasteiger partial charge < -0.3 is 4.74 Å². The highest BCUT2D eigenvalue weighted by Gasteiger charge is 2.27. The van der Waals surface area contributed by atoms with E-state index in [4.69, 9.17) is 4.74 Å². The Morgan fingerprint density at radius 2 is 1.67 bits per heavy atom. The van der Waals surface area contributed by atoms with E-state index >= 15 is 0 Å². The third-order valence-corrected chi connectivity index (χ3v) is 6.55. The number of benzene rings is 2. The minimum Gasteiger partial charge on any atom is -0.493 e. The SMILES string of the molecule is CC(C)COc1ccc([S+]2CCCCC2)c2ccccc12. The zero-order valence-electron chi connectivity index (χ0n) is 13.1. The molecule has 0 bridgehead atoms. The molecule has 0 aromatic heterocycles. The van der Waals surface area contributed by atoms with Crippen LogP contribution in [0.1, 0.15) is 33.1 Å². The molecule has 0 aliphatic carbocycles. The van der Waals surface area contributed by atoms with Crippen LogP contribution in [0, 0.1) is 5.92 Å². The third-order valence-electron chi connectivity index (χ3n) is 4.01. The fraction of sp³-hybridized carbons (Fsp3) is 0.474. The molecule has 3 rings (SSSR count). The molecule has 0 saturated carbocycles. The highest BCUT2D eigenvalue weighted by atomic mass is 32.2. The Hall–Kier alpha value is -1.15. The van der Waals surface area contributed by atoms with Crippen molar-refractivity contribution in [2.24, 2.45) is 5.92 Å². The van der Waals surface area contributed by atoms with E-state index < -0.39 is 0 Å². The van der Waals surface area contributed by atoms with E-state index in [0.717, 1.165) is 12.4 Å². The summed E-state index contributed by atoms with van der Waals surface area (Å²) in [5, 5.41) is 2.69. The highest BCUT2D eigenvalue weighted by Crippen LogP contribution is 2.34. The second-order valence-corrected chi connectivity index (χ2v) is 8.52. The van der Waals surface area contributed by atoms with Crippen molar-refractivity contribution >= 4 is 21.7 Å². The quantitative estimate of drug-likeness (QED) is 0.719. The van der Waals surface area contributed by atoms with Crippen LogP contribution in [0.15, 0.2) is 41.3 Å². The summed E-state index contributed by atoms with van der Waals surface area (Å²) in [6, 6.07) is 13.3. The van der Waals surface area contributed by atoms with Crippen LogP contribution in [0.2, 0.25) is 0 Å². The maximum atomic E-state index is 6.03. The van der Waals surface area contributed by atoms with Gasteiger partial charge in [0.2, 0.25) is 0 Å². The Bertz CT molecular complexity index is 600. The summed E-state index contributed by atoms with van der Waals surface area (Å²) >= 11 is 0. The van der Waals surface area contributed by atoms with Gasteiger partial charge in [-0.2, -0.15) is 0 Å². The molecule has 1 nitrogen and oxygen atoms in total. The summed E-state index contributed by atoms with van der Waals surface area (Å²) in [5.74, 6) is 4.35. The summed E-state index contributed by atoms with van der Waals surface area (Å²) in [5.41, 5.74) is 0. The fourth-order valence-electron chi connectivity index (χ4n) is 2.93. The number of hydrogen-bond donors (Lipinski definition) is 0. The Kier molecular flexibility index (Phi) is 4.74. The van der Waals surface area contributed by atoms with Gasteiger partial charge >= 0.3 is 0 Å². The summed E-state index contributed by atoms with van der Waals surface area (Å²) in [6.07, 6.45) is 4.20. The molecule has 2 aromatic carbocycles. The van der Waals surface area contributed by atoms with Crippen LogP contribution < -0.4 is 4.74 Å². The topological polar surface area (TPSA) is 9.23 Å². The van der Waals surface area contributed by atoms with Gasteiger partial charge in [-0.1, -0.05) is 32.0 Å². The molecule has 0 unspecified atom stereocenters. The molecule has 1 fully saturated rings. The van der Waals surface area contributed by atoms with Crippen LogP contribution in [-0.4, -0.2) is 18.1 Å². The minimum atomic E-state index is 0.441. The van der Waals surface area contributed by atoms with Crippen molar-refractivity contribution in [2.75, 3.05) is 18.1 Å². The number of fused-ring (bicyclic) bond motifs is 1. The molecule has 2 heteroatoms. The number of hydrogen-bond acceptors (Lipinski definition) is 1. The number of rotatable bonds is 4. The van der Waals surface area contributed by atoms with E-state index in [1.54, 1.807) is 4.90 Å². The molecule has 1 aliphatic rings. The van der Waals surface area contributed by atoms with E-state index in [1.165, 1.54) is 41.5 Å². The molecular formula is C19H25OS+. The summed E-state index contributed by atoms with van der Waals surface area (Å²) in [4.78, 5) is 1.56. The zero-order chi connectivity index (χ0) is 14.7. The van der Waals surface area contributed by atoms with E-state index in [-0.39, 0.29) is 0 Å². The molecule has 0 atom stereocenters. The van der Waals surface area contributed by atoms with Gasteiger partial charge in [0.05, 0.1) is 6.61 Å². The van der Waals surface area contributed by atoms with Gasteiger partial charge in [-0.25, -0.2) is 0 Å². The zero-order valence-corrected chi connectivity index (χ0v) is 13.9. The minimum absolute atomic E-state index is 0.441. The first kappa shape index (κ1) is 14.8. The first-order chi connectivity index (χ1) is 10.3. The second kappa shape index (κ2) is 6.74. The molecule has 0 radical (unpaired) electrons. The molecule has 1 heterocycles. The predicted molar refractivity (Wildman–Crippen MR) is 93.5 cm³/mol. The lowest BCUT2D eigenvalue weighted by Gasteiger charge is -2.17. The largest absolute Gasteiger partial charge is 0.493 e. The molecule has 112 valence electrons. The van der Waals surface area contributed by atoms with E-state index in [2.05, 4.69) is 50.2 Å². The maximum Gasteiger partial charge on any atom is 0.162 e. The lowest BCUT2D eigenvalue weighted by atomic mass is 10.1. The molecule has 2 aromatic rings. The Labute approximate surface area is 131 Å². The summed E-state index contributed by atoms with van der Waals surface area (Å²) in [7, 11) is 0.441. The van der Waals surface area contributed by atoms with Crippen LogP contribution in [0.25, 0.3) is 10.8 Å². The van der Waals surface area contributed by atoms with Crippen molar-refractivity contribution in [1.29, 1.82) is 0 Å². The average molecular weight is 301 g/mol. The molecule has 0 spiro atoms. The fourth-order valence-corrected chi connectivity index (χ4v) is 5.43. The second-order valence-electron chi connectivity index (χ2n) is 6.27. The lowest BCUT2D eigenvalue weighted by molar-refractivity contribution is 0.274. The predicted octanol–water partition coefficient (Wildman–Crippen LogP) is 5.04. The van der Waals surface area contributed by atoms with Crippen molar-refractivity contribution in [3.63, 3.8) is 0 Å². The van der Waals surface area contributed by atoms with Crippen LogP contribution >= 0.6 is 0 Å². The number of ether oxygens (including phenoxy) is 1. The van der Waals surface area contributed by atoms with Gasteiger partial charge in [0, 0.05) is 21.7 Å². The van der Waals surface area contributed by atoms with Crippen molar-refractivity contribution in [2.45, 2.75) is 38.0 Å².